The lowest BCUT2D eigenvalue weighted by Crippen LogP contribution is -2.32. The first-order chi connectivity index (χ1) is 7.70. The Balaban J connectivity index is 2.88. The molecule has 0 saturated heterocycles. The molecule has 90 valence electrons. The smallest absolute Gasteiger partial charge is 0.0742 e. The Kier molecular flexibility index (Phi) is 5.22. The number of pyridine rings is 1. The van der Waals surface area contributed by atoms with Crippen LogP contribution in [0, 0.1) is 0 Å². The van der Waals surface area contributed by atoms with E-state index in [0.717, 1.165) is 17.8 Å². The summed E-state index contributed by atoms with van der Waals surface area (Å²) in [7, 11) is 0. The largest absolute Gasteiger partial charge is 0.398 e. The van der Waals surface area contributed by atoms with Gasteiger partial charge in [-0.15, -0.1) is 0 Å². The molecule has 0 aliphatic rings. The van der Waals surface area contributed by atoms with E-state index < -0.39 is 0 Å². The number of anilines is 1. The second-order valence-electron chi connectivity index (χ2n) is 3.70. The van der Waals surface area contributed by atoms with Crippen LogP contribution in [-0.2, 0) is 4.74 Å². The van der Waals surface area contributed by atoms with Gasteiger partial charge in [-0.25, -0.2) is 0 Å². The van der Waals surface area contributed by atoms with Crippen LogP contribution in [0.3, 0.4) is 0 Å². The van der Waals surface area contributed by atoms with Crippen molar-refractivity contribution >= 4 is 5.69 Å². The Hall–Kier alpha value is -1.13. The van der Waals surface area contributed by atoms with E-state index in [1.54, 1.807) is 12.4 Å². The summed E-state index contributed by atoms with van der Waals surface area (Å²) >= 11 is 0. The number of aromatic nitrogens is 1. The maximum Gasteiger partial charge on any atom is 0.0742 e. The first kappa shape index (κ1) is 12.9. The molecule has 2 unspecified atom stereocenters. The monoisotopic (exact) mass is 223 g/mol. The molecule has 0 spiro atoms. The Morgan fingerprint density at radius 1 is 1.50 bits per heavy atom. The number of likely N-dealkylation sites (N-methyl/N-ethyl adjacent to an activating group) is 1. The number of nitrogen functional groups attached to an aromatic ring is 1. The van der Waals surface area contributed by atoms with Crippen LogP contribution in [0.25, 0.3) is 0 Å². The molecule has 0 fully saturated rings. The van der Waals surface area contributed by atoms with E-state index in [0.29, 0.717) is 6.61 Å². The fraction of sp³-hybridized carbons (Fsp3) is 0.583. The summed E-state index contributed by atoms with van der Waals surface area (Å²) in [6, 6.07) is 1.91. The van der Waals surface area contributed by atoms with E-state index in [2.05, 4.69) is 17.2 Å². The first-order valence-electron chi connectivity index (χ1n) is 5.75. The highest BCUT2D eigenvalue weighted by molar-refractivity contribution is 5.46. The average molecular weight is 223 g/mol. The molecular formula is C12H21N3O. The highest BCUT2D eigenvalue weighted by Gasteiger charge is 2.20. The third-order valence-corrected chi connectivity index (χ3v) is 2.55. The predicted molar refractivity (Wildman–Crippen MR) is 66.2 cm³/mol. The molecule has 1 rings (SSSR count). The number of nitrogens with two attached hydrogens (primary N) is 1. The summed E-state index contributed by atoms with van der Waals surface area (Å²) in [6.45, 7) is 7.67. The number of rotatable bonds is 6. The van der Waals surface area contributed by atoms with E-state index in [9.17, 15) is 0 Å². The standard InChI is InChI=1S/C12H21N3O/c1-4-15-12(9(3)16-5-2)10-8-14-7-6-11(10)13/h6-9,12,15H,4-5H2,1-3H3,(H2,13,14). The zero-order valence-corrected chi connectivity index (χ0v) is 10.2. The van der Waals surface area contributed by atoms with Crippen molar-refractivity contribution in [2.75, 3.05) is 18.9 Å². The minimum Gasteiger partial charge on any atom is -0.398 e. The van der Waals surface area contributed by atoms with Crippen molar-refractivity contribution < 1.29 is 4.74 Å². The number of nitrogens with one attached hydrogen (secondary N) is 1. The van der Waals surface area contributed by atoms with Crippen LogP contribution in [0.1, 0.15) is 32.4 Å². The molecule has 0 saturated carbocycles. The Morgan fingerprint density at radius 3 is 2.81 bits per heavy atom. The molecule has 4 heteroatoms. The summed E-state index contributed by atoms with van der Waals surface area (Å²) < 4.78 is 5.62. The van der Waals surface area contributed by atoms with Gasteiger partial charge in [0.1, 0.15) is 0 Å². The molecule has 0 amide bonds. The van der Waals surface area contributed by atoms with E-state index in [4.69, 9.17) is 10.5 Å². The van der Waals surface area contributed by atoms with Crippen LogP contribution in [-0.4, -0.2) is 24.2 Å². The summed E-state index contributed by atoms with van der Waals surface area (Å²) in [6.07, 6.45) is 3.59. The Bertz CT molecular complexity index is 317. The summed E-state index contributed by atoms with van der Waals surface area (Å²) in [5.74, 6) is 0. The lowest BCUT2D eigenvalue weighted by molar-refractivity contribution is 0.0477. The van der Waals surface area contributed by atoms with E-state index >= 15 is 0 Å². The van der Waals surface area contributed by atoms with Crippen LogP contribution in [0.4, 0.5) is 5.69 Å². The third kappa shape index (κ3) is 3.18. The Morgan fingerprint density at radius 2 is 2.25 bits per heavy atom. The maximum absolute atomic E-state index is 5.95. The van der Waals surface area contributed by atoms with Crippen LogP contribution in [0.5, 0.6) is 0 Å². The van der Waals surface area contributed by atoms with Gasteiger partial charge in [0, 0.05) is 30.3 Å². The lowest BCUT2D eigenvalue weighted by Gasteiger charge is -2.25. The molecule has 1 aromatic heterocycles. The molecule has 4 nitrogen and oxygen atoms in total. The van der Waals surface area contributed by atoms with Crippen molar-refractivity contribution in [1.29, 1.82) is 0 Å². The molecule has 0 aliphatic carbocycles. The van der Waals surface area contributed by atoms with Gasteiger partial charge in [0.05, 0.1) is 12.1 Å². The van der Waals surface area contributed by atoms with Gasteiger partial charge in [-0.2, -0.15) is 0 Å². The van der Waals surface area contributed by atoms with Crippen molar-refractivity contribution in [3.05, 3.63) is 24.0 Å². The van der Waals surface area contributed by atoms with Crippen molar-refractivity contribution in [2.24, 2.45) is 0 Å². The van der Waals surface area contributed by atoms with Gasteiger partial charge in [-0.1, -0.05) is 6.92 Å². The van der Waals surface area contributed by atoms with Gasteiger partial charge in [-0.3, -0.25) is 4.98 Å². The number of hydrogen-bond acceptors (Lipinski definition) is 4. The summed E-state index contributed by atoms with van der Waals surface area (Å²) in [5.41, 5.74) is 7.71. The molecule has 1 aromatic rings. The Labute approximate surface area is 97.2 Å². The number of hydrogen-bond donors (Lipinski definition) is 2. The van der Waals surface area contributed by atoms with Gasteiger partial charge >= 0.3 is 0 Å². The van der Waals surface area contributed by atoms with Crippen LogP contribution >= 0.6 is 0 Å². The van der Waals surface area contributed by atoms with Gasteiger partial charge < -0.3 is 15.8 Å². The molecular weight excluding hydrogens is 202 g/mol. The molecule has 0 aromatic carbocycles. The normalized spacial score (nSPS) is 14.7. The van der Waals surface area contributed by atoms with E-state index in [1.807, 2.05) is 19.9 Å². The average Bonchev–Trinajstić information content (AvgIpc) is 2.27. The molecule has 0 aliphatic heterocycles. The molecule has 1 heterocycles. The van der Waals surface area contributed by atoms with Crippen molar-refractivity contribution in [2.45, 2.75) is 32.9 Å². The van der Waals surface area contributed by atoms with E-state index in [-0.39, 0.29) is 12.1 Å². The molecule has 16 heavy (non-hydrogen) atoms. The lowest BCUT2D eigenvalue weighted by atomic mass is 10.0. The van der Waals surface area contributed by atoms with Crippen molar-refractivity contribution in [3.63, 3.8) is 0 Å². The fourth-order valence-corrected chi connectivity index (χ4v) is 1.79. The molecule has 2 atom stereocenters. The summed E-state index contributed by atoms with van der Waals surface area (Å²) in [4.78, 5) is 4.12. The zero-order valence-electron chi connectivity index (χ0n) is 10.2. The second-order valence-corrected chi connectivity index (χ2v) is 3.70. The molecule has 3 N–H and O–H groups in total. The quantitative estimate of drug-likeness (QED) is 0.771. The SMILES string of the molecule is CCNC(c1cnccc1N)C(C)OCC. The maximum atomic E-state index is 5.95. The third-order valence-electron chi connectivity index (χ3n) is 2.55. The molecule has 0 bridgehead atoms. The number of nitrogens with zero attached hydrogens (tertiary/aromatic N) is 1. The van der Waals surface area contributed by atoms with Crippen LogP contribution in [0.15, 0.2) is 18.5 Å². The van der Waals surface area contributed by atoms with Gasteiger partial charge in [0.25, 0.3) is 0 Å². The summed E-state index contributed by atoms with van der Waals surface area (Å²) in [5, 5.41) is 3.38. The highest BCUT2D eigenvalue weighted by Crippen LogP contribution is 2.23. The van der Waals surface area contributed by atoms with E-state index in [1.165, 1.54) is 0 Å². The number of ether oxygens (including phenoxy) is 1. The minimum absolute atomic E-state index is 0.0800. The molecule has 0 radical (unpaired) electrons. The zero-order chi connectivity index (χ0) is 12.0. The van der Waals surface area contributed by atoms with Crippen molar-refractivity contribution in [1.82, 2.24) is 10.3 Å². The topological polar surface area (TPSA) is 60.2 Å². The van der Waals surface area contributed by atoms with Gasteiger partial charge in [0.15, 0.2) is 0 Å². The fourth-order valence-electron chi connectivity index (χ4n) is 1.79. The van der Waals surface area contributed by atoms with Crippen LogP contribution < -0.4 is 11.1 Å². The first-order valence-corrected chi connectivity index (χ1v) is 5.75. The van der Waals surface area contributed by atoms with Crippen LogP contribution in [0.2, 0.25) is 0 Å². The van der Waals surface area contributed by atoms with Crippen molar-refractivity contribution in [3.8, 4) is 0 Å². The van der Waals surface area contributed by atoms with Gasteiger partial charge in [0.2, 0.25) is 0 Å². The van der Waals surface area contributed by atoms with Gasteiger partial charge in [-0.05, 0) is 26.5 Å². The minimum atomic E-state index is 0.0800. The highest BCUT2D eigenvalue weighted by atomic mass is 16.5. The predicted octanol–water partition coefficient (Wildman–Crippen LogP) is 1.74. The second kappa shape index (κ2) is 6.45.